The van der Waals surface area contributed by atoms with Gasteiger partial charge in [0.25, 0.3) is 0 Å². The number of nitrogens with zero attached hydrogens (tertiary/aromatic N) is 2. The van der Waals surface area contributed by atoms with Crippen LogP contribution in [0.15, 0.2) is 77.7 Å². The van der Waals surface area contributed by atoms with E-state index in [2.05, 4.69) is 16.4 Å². The Kier molecular flexibility index (Phi) is 5.92. The van der Waals surface area contributed by atoms with E-state index in [0.29, 0.717) is 12.3 Å². The van der Waals surface area contributed by atoms with Gasteiger partial charge in [-0.3, -0.25) is 9.59 Å². The molecule has 0 aliphatic carbocycles. The molecule has 160 valence electrons. The molecule has 0 saturated heterocycles. The summed E-state index contributed by atoms with van der Waals surface area (Å²) in [6.45, 7) is 0.373. The van der Waals surface area contributed by atoms with Gasteiger partial charge in [0.15, 0.2) is 0 Å². The van der Waals surface area contributed by atoms with E-state index in [9.17, 15) is 9.59 Å². The van der Waals surface area contributed by atoms with Crippen LogP contribution in [0.3, 0.4) is 0 Å². The molecular formula is C25H21N3O2S2. The van der Waals surface area contributed by atoms with Gasteiger partial charge in [0.05, 0.1) is 26.7 Å². The summed E-state index contributed by atoms with van der Waals surface area (Å²) in [7, 11) is 0. The molecule has 1 N–H and O–H groups in total. The summed E-state index contributed by atoms with van der Waals surface area (Å²) in [5.41, 5.74) is 3.82. The number of para-hydroxylation sites is 2. The smallest absolute Gasteiger partial charge is 0.237 e. The maximum atomic E-state index is 12.5. The topological polar surface area (TPSA) is 62.3 Å². The summed E-state index contributed by atoms with van der Waals surface area (Å²) in [5, 5.41) is 4.01. The molecule has 7 heteroatoms. The highest BCUT2D eigenvalue weighted by Crippen LogP contribution is 2.35. The van der Waals surface area contributed by atoms with E-state index < -0.39 is 0 Å². The fourth-order valence-corrected chi connectivity index (χ4v) is 5.65. The Bertz CT molecular complexity index is 1250. The van der Waals surface area contributed by atoms with Crippen molar-refractivity contribution < 1.29 is 9.59 Å². The number of amides is 2. The fraction of sp³-hybridized carbons (Fsp3) is 0.160. The summed E-state index contributed by atoms with van der Waals surface area (Å²) < 4.78 is 1.19. The van der Waals surface area contributed by atoms with Crippen LogP contribution in [0.25, 0.3) is 10.2 Å². The van der Waals surface area contributed by atoms with Crippen molar-refractivity contribution in [2.24, 2.45) is 0 Å². The van der Waals surface area contributed by atoms with Crippen LogP contribution < -0.4 is 10.2 Å². The Labute approximate surface area is 194 Å². The maximum absolute atomic E-state index is 12.5. The first-order chi connectivity index (χ1) is 15.7. The molecule has 2 heterocycles. The van der Waals surface area contributed by atoms with Crippen molar-refractivity contribution >= 4 is 56.5 Å². The van der Waals surface area contributed by atoms with E-state index in [1.54, 1.807) is 28.0 Å². The Hall–Kier alpha value is -3.16. The molecule has 4 aromatic rings. The molecule has 1 aromatic heterocycles. The predicted octanol–water partition coefficient (Wildman–Crippen LogP) is 5.35. The average molecular weight is 460 g/mol. The number of carbonyl (C=O) groups excluding carboxylic acids is 2. The van der Waals surface area contributed by atoms with Crippen molar-refractivity contribution in [3.8, 4) is 0 Å². The van der Waals surface area contributed by atoms with Gasteiger partial charge in [-0.25, -0.2) is 4.98 Å². The average Bonchev–Trinajstić information content (AvgIpc) is 3.22. The van der Waals surface area contributed by atoms with E-state index in [0.717, 1.165) is 38.8 Å². The standard InChI is InChI=1S/C25H21N3O2S2/c29-23(13-14-28-20-6-2-4-8-22(20)31-16-25(28)30)26-18-11-9-17(10-12-18)15-24-27-19-5-1-3-7-21(19)32-24/h1-12H,13-16H2,(H,26,29). The third-order valence-corrected chi connectivity index (χ3v) is 7.39. The normalized spacial score (nSPS) is 13.2. The molecule has 0 radical (unpaired) electrons. The van der Waals surface area contributed by atoms with Crippen molar-refractivity contribution in [2.45, 2.75) is 17.7 Å². The van der Waals surface area contributed by atoms with Gasteiger partial charge in [-0.2, -0.15) is 0 Å². The van der Waals surface area contributed by atoms with Gasteiger partial charge in [0.1, 0.15) is 0 Å². The van der Waals surface area contributed by atoms with Crippen LogP contribution in [0, 0.1) is 0 Å². The van der Waals surface area contributed by atoms with Gasteiger partial charge < -0.3 is 10.2 Å². The lowest BCUT2D eigenvalue weighted by Gasteiger charge is -2.28. The lowest BCUT2D eigenvalue weighted by molar-refractivity contribution is -0.117. The molecule has 5 nitrogen and oxygen atoms in total. The van der Waals surface area contributed by atoms with Crippen molar-refractivity contribution in [1.29, 1.82) is 0 Å². The summed E-state index contributed by atoms with van der Waals surface area (Å²) in [6.07, 6.45) is 1.01. The summed E-state index contributed by atoms with van der Waals surface area (Å²) >= 11 is 3.25. The number of carbonyl (C=O) groups is 2. The van der Waals surface area contributed by atoms with Crippen molar-refractivity contribution in [1.82, 2.24) is 4.98 Å². The monoisotopic (exact) mass is 459 g/mol. The summed E-state index contributed by atoms with van der Waals surface area (Å²) in [6, 6.07) is 23.8. The first-order valence-electron chi connectivity index (χ1n) is 10.4. The number of fused-ring (bicyclic) bond motifs is 2. The molecule has 0 bridgehead atoms. The van der Waals surface area contributed by atoms with Crippen LogP contribution >= 0.6 is 23.1 Å². The number of benzene rings is 3. The molecule has 5 rings (SSSR count). The van der Waals surface area contributed by atoms with Crippen molar-refractivity contribution in [3.63, 3.8) is 0 Å². The summed E-state index contributed by atoms with van der Waals surface area (Å²) in [4.78, 5) is 32.3. The number of thiazole rings is 1. The molecule has 0 spiro atoms. The van der Waals surface area contributed by atoms with Gasteiger partial charge in [0.2, 0.25) is 11.8 Å². The van der Waals surface area contributed by atoms with Gasteiger partial charge >= 0.3 is 0 Å². The second-order valence-electron chi connectivity index (χ2n) is 7.55. The first-order valence-corrected chi connectivity index (χ1v) is 12.2. The minimum atomic E-state index is -0.104. The Morgan fingerprint density at radius 1 is 1.00 bits per heavy atom. The third kappa shape index (κ3) is 4.54. The highest BCUT2D eigenvalue weighted by Gasteiger charge is 2.24. The zero-order valence-electron chi connectivity index (χ0n) is 17.3. The Morgan fingerprint density at radius 3 is 2.62 bits per heavy atom. The lowest BCUT2D eigenvalue weighted by Crippen LogP contribution is -2.37. The number of anilines is 2. The van der Waals surface area contributed by atoms with E-state index >= 15 is 0 Å². The van der Waals surface area contributed by atoms with E-state index in [4.69, 9.17) is 0 Å². The van der Waals surface area contributed by atoms with E-state index in [-0.39, 0.29) is 18.2 Å². The van der Waals surface area contributed by atoms with Gasteiger partial charge in [-0.05, 0) is 42.0 Å². The van der Waals surface area contributed by atoms with Crippen molar-refractivity contribution in [3.05, 3.63) is 83.4 Å². The molecule has 2 amide bonds. The number of hydrogen-bond donors (Lipinski definition) is 1. The largest absolute Gasteiger partial charge is 0.326 e. The van der Waals surface area contributed by atoms with Crippen LogP contribution in [0.4, 0.5) is 11.4 Å². The zero-order chi connectivity index (χ0) is 21.9. The quantitative estimate of drug-likeness (QED) is 0.422. The second-order valence-corrected chi connectivity index (χ2v) is 9.68. The number of aromatic nitrogens is 1. The number of thioether (sulfide) groups is 1. The van der Waals surface area contributed by atoms with Crippen LogP contribution in [-0.4, -0.2) is 29.1 Å². The SMILES string of the molecule is O=C(CCN1C(=O)CSc2ccccc21)Nc1ccc(Cc2nc3ccccc3s2)cc1. The Morgan fingerprint density at radius 2 is 1.78 bits per heavy atom. The van der Waals surface area contributed by atoms with E-state index in [1.165, 1.54) is 4.70 Å². The lowest BCUT2D eigenvalue weighted by atomic mass is 10.1. The molecule has 32 heavy (non-hydrogen) atoms. The zero-order valence-corrected chi connectivity index (χ0v) is 18.9. The second kappa shape index (κ2) is 9.14. The van der Waals surface area contributed by atoms with Gasteiger partial charge in [-0.1, -0.05) is 36.4 Å². The molecule has 1 aliphatic rings. The Balaban J connectivity index is 1.18. The fourth-order valence-electron chi connectivity index (χ4n) is 3.71. The molecule has 0 unspecified atom stereocenters. The van der Waals surface area contributed by atoms with Crippen LogP contribution in [0.5, 0.6) is 0 Å². The van der Waals surface area contributed by atoms with Gasteiger partial charge in [-0.15, -0.1) is 23.1 Å². The number of rotatable bonds is 6. The maximum Gasteiger partial charge on any atom is 0.237 e. The molecule has 0 fully saturated rings. The highest BCUT2D eigenvalue weighted by atomic mass is 32.2. The van der Waals surface area contributed by atoms with Crippen molar-refractivity contribution in [2.75, 3.05) is 22.5 Å². The van der Waals surface area contributed by atoms with Crippen LogP contribution in [0.1, 0.15) is 17.0 Å². The highest BCUT2D eigenvalue weighted by molar-refractivity contribution is 8.00. The van der Waals surface area contributed by atoms with Gasteiger partial charge in [0, 0.05) is 30.0 Å². The third-order valence-electron chi connectivity index (χ3n) is 5.30. The van der Waals surface area contributed by atoms with Crippen LogP contribution in [0.2, 0.25) is 0 Å². The first kappa shape index (κ1) is 20.7. The molecule has 0 atom stereocenters. The predicted molar refractivity (Wildman–Crippen MR) is 132 cm³/mol. The minimum absolute atomic E-state index is 0.0423. The molecule has 1 aliphatic heterocycles. The number of nitrogens with one attached hydrogen (secondary N) is 1. The number of hydrogen-bond acceptors (Lipinski definition) is 5. The summed E-state index contributed by atoms with van der Waals surface area (Å²) in [5.74, 6) is 0.350. The molecule has 0 saturated carbocycles. The molecular weight excluding hydrogens is 438 g/mol. The van der Waals surface area contributed by atoms with E-state index in [1.807, 2.05) is 66.7 Å². The molecule has 3 aromatic carbocycles. The minimum Gasteiger partial charge on any atom is -0.326 e. The van der Waals surface area contributed by atoms with Crippen LogP contribution in [-0.2, 0) is 16.0 Å².